The van der Waals surface area contributed by atoms with Gasteiger partial charge < -0.3 is 14.5 Å². The first-order valence-corrected chi connectivity index (χ1v) is 8.30. The zero-order valence-electron chi connectivity index (χ0n) is 13.2. The largest absolute Gasteiger partial charge is 0.467 e. The number of hydrogen-bond acceptors (Lipinski definition) is 5. The summed E-state index contributed by atoms with van der Waals surface area (Å²) in [5.74, 6) is -1.43. The summed E-state index contributed by atoms with van der Waals surface area (Å²) in [6.07, 6.45) is 0. The molecule has 5 nitrogen and oxygen atoms in total. The number of methoxy groups -OCH3 is 1. The molecule has 0 radical (unpaired) electrons. The average molecular weight is 359 g/mol. The number of ether oxygens (including phenoxy) is 1. The summed E-state index contributed by atoms with van der Waals surface area (Å²) in [4.78, 5) is 24.3. The van der Waals surface area contributed by atoms with E-state index in [9.17, 15) is 14.0 Å². The van der Waals surface area contributed by atoms with E-state index in [-0.39, 0.29) is 17.1 Å². The molecule has 0 bridgehead atoms. The number of nitrogens with one attached hydrogen (secondary N) is 1. The number of esters is 1. The summed E-state index contributed by atoms with van der Waals surface area (Å²) in [6, 6.07) is 9.82. The molecule has 1 aromatic carbocycles. The van der Waals surface area contributed by atoms with Gasteiger partial charge in [-0.15, -0.1) is 0 Å². The minimum Gasteiger partial charge on any atom is -0.467 e. The van der Waals surface area contributed by atoms with Crippen LogP contribution in [-0.2, 0) is 9.53 Å². The molecule has 128 valence electrons. The maximum atomic E-state index is 13.8. The van der Waals surface area contributed by atoms with E-state index >= 15 is 0 Å². The Morgan fingerprint density at radius 3 is 2.68 bits per heavy atom. The third kappa shape index (κ3) is 3.61. The van der Waals surface area contributed by atoms with Crippen LogP contribution in [0.15, 0.2) is 57.6 Å². The molecule has 1 unspecified atom stereocenters. The Morgan fingerprint density at radius 1 is 1.20 bits per heavy atom. The van der Waals surface area contributed by atoms with E-state index in [0.29, 0.717) is 5.56 Å². The molecule has 3 aromatic rings. The Bertz CT molecular complexity index is 888. The van der Waals surface area contributed by atoms with Crippen molar-refractivity contribution in [2.75, 3.05) is 7.11 Å². The highest BCUT2D eigenvalue weighted by Gasteiger charge is 2.26. The fourth-order valence-corrected chi connectivity index (χ4v) is 2.99. The topological polar surface area (TPSA) is 68.5 Å². The minimum atomic E-state index is -0.939. The highest BCUT2D eigenvalue weighted by atomic mass is 32.1. The standard InChI is InChI=1S/C18H14FNO4S/c1-23-18(22)16(11-8-9-25-10-11)20-17(21)15-7-6-14(24-15)12-4-2-3-5-13(12)19/h2-10,16H,1H3,(H,20,21). The van der Waals surface area contributed by atoms with E-state index in [1.165, 1.54) is 36.6 Å². The molecule has 0 aliphatic carbocycles. The van der Waals surface area contributed by atoms with E-state index in [2.05, 4.69) is 5.32 Å². The molecular weight excluding hydrogens is 345 g/mol. The number of amides is 1. The molecule has 0 saturated heterocycles. The number of furan rings is 1. The summed E-state index contributed by atoms with van der Waals surface area (Å²) in [6.45, 7) is 0. The summed E-state index contributed by atoms with van der Waals surface area (Å²) in [5.41, 5.74) is 0.870. The first-order chi connectivity index (χ1) is 12.1. The number of thiophene rings is 1. The normalized spacial score (nSPS) is 11.8. The highest BCUT2D eigenvalue weighted by Crippen LogP contribution is 2.25. The monoisotopic (exact) mass is 359 g/mol. The summed E-state index contributed by atoms with van der Waals surface area (Å²) in [7, 11) is 1.25. The van der Waals surface area contributed by atoms with Gasteiger partial charge in [-0.3, -0.25) is 4.79 Å². The fraction of sp³-hybridized carbons (Fsp3) is 0.111. The van der Waals surface area contributed by atoms with Crippen molar-refractivity contribution in [3.63, 3.8) is 0 Å². The van der Waals surface area contributed by atoms with Gasteiger partial charge in [-0.1, -0.05) is 12.1 Å². The Hall–Kier alpha value is -2.93. The minimum absolute atomic E-state index is 0.0256. The number of halogens is 1. The zero-order valence-corrected chi connectivity index (χ0v) is 14.0. The molecular formula is C18H14FNO4S. The summed E-state index contributed by atoms with van der Waals surface area (Å²) >= 11 is 1.40. The molecule has 0 fully saturated rings. The molecule has 0 aliphatic rings. The average Bonchev–Trinajstić information content (AvgIpc) is 3.31. The SMILES string of the molecule is COC(=O)C(NC(=O)c1ccc(-c2ccccc2F)o1)c1ccsc1. The van der Waals surface area contributed by atoms with Crippen LogP contribution in [0, 0.1) is 5.82 Å². The quantitative estimate of drug-likeness (QED) is 0.704. The van der Waals surface area contributed by atoms with Gasteiger partial charge in [-0.05, 0) is 46.7 Å². The van der Waals surface area contributed by atoms with Crippen LogP contribution < -0.4 is 5.32 Å². The molecule has 0 aliphatic heterocycles. The number of carbonyl (C=O) groups excluding carboxylic acids is 2. The molecule has 2 heterocycles. The van der Waals surface area contributed by atoms with Crippen LogP contribution in [0.5, 0.6) is 0 Å². The van der Waals surface area contributed by atoms with Gasteiger partial charge in [0.2, 0.25) is 0 Å². The molecule has 25 heavy (non-hydrogen) atoms. The van der Waals surface area contributed by atoms with Crippen LogP contribution in [0.4, 0.5) is 4.39 Å². The summed E-state index contributed by atoms with van der Waals surface area (Å²) in [5, 5.41) is 6.11. The van der Waals surface area contributed by atoms with Crippen molar-refractivity contribution in [2.45, 2.75) is 6.04 Å². The molecule has 7 heteroatoms. The van der Waals surface area contributed by atoms with Gasteiger partial charge in [0.15, 0.2) is 11.8 Å². The number of benzene rings is 1. The molecule has 1 N–H and O–H groups in total. The van der Waals surface area contributed by atoms with Crippen molar-refractivity contribution in [1.29, 1.82) is 0 Å². The van der Waals surface area contributed by atoms with Gasteiger partial charge >= 0.3 is 5.97 Å². The maximum Gasteiger partial charge on any atom is 0.333 e. The molecule has 1 atom stereocenters. The Morgan fingerprint density at radius 2 is 2.00 bits per heavy atom. The molecule has 1 amide bonds. The second-order valence-corrected chi connectivity index (χ2v) is 5.91. The lowest BCUT2D eigenvalue weighted by atomic mass is 10.1. The van der Waals surface area contributed by atoms with Crippen LogP contribution in [0.2, 0.25) is 0 Å². The van der Waals surface area contributed by atoms with E-state index in [1.54, 1.807) is 35.0 Å². The van der Waals surface area contributed by atoms with Crippen LogP contribution >= 0.6 is 11.3 Å². The van der Waals surface area contributed by atoms with Gasteiger partial charge in [-0.2, -0.15) is 11.3 Å². The van der Waals surface area contributed by atoms with Gasteiger partial charge in [0.25, 0.3) is 5.91 Å². The van der Waals surface area contributed by atoms with Crippen molar-refractivity contribution in [3.8, 4) is 11.3 Å². The van der Waals surface area contributed by atoms with Crippen LogP contribution in [0.25, 0.3) is 11.3 Å². The lowest BCUT2D eigenvalue weighted by molar-refractivity contribution is -0.143. The highest BCUT2D eigenvalue weighted by molar-refractivity contribution is 7.08. The van der Waals surface area contributed by atoms with E-state index in [1.807, 2.05) is 0 Å². The summed E-state index contributed by atoms with van der Waals surface area (Å²) < 4.78 is 24.0. The number of rotatable bonds is 5. The van der Waals surface area contributed by atoms with Crippen molar-refractivity contribution < 1.29 is 23.1 Å². The van der Waals surface area contributed by atoms with Gasteiger partial charge in [0.05, 0.1) is 12.7 Å². The van der Waals surface area contributed by atoms with E-state index in [0.717, 1.165) is 0 Å². The zero-order chi connectivity index (χ0) is 17.8. The lowest BCUT2D eigenvalue weighted by Crippen LogP contribution is -2.34. The van der Waals surface area contributed by atoms with E-state index in [4.69, 9.17) is 9.15 Å². The third-order valence-electron chi connectivity index (χ3n) is 3.56. The van der Waals surface area contributed by atoms with Crippen molar-refractivity contribution in [2.24, 2.45) is 0 Å². The second kappa shape index (κ2) is 7.31. The van der Waals surface area contributed by atoms with Gasteiger partial charge in [-0.25, -0.2) is 9.18 Å². The smallest absolute Gasteiger partial charge is 0.333 e. The first kappa shape index (κ1) is 16.9. The van der Waals surface area contributed by atoms with Crippen LogP contribution in [-0.4, -0.2) is 19.0 Å². The molecule has 0 spiro atoms. The molecule has 3 rings (SSSR count). The van der Waals surface area contributed by atoms with Crippen molar-refractivity contribution in [3.05, 3.63) is 70.4 Å². The Labute approximate surface area is 147 Å². The molecule has 0 saturated carbocycles. The predicted octanol–water partition coefficient (Wildman–Crippen LogP) is 3.79. The number of hydrogen-bond donors (Lipinski definition) is 1. The predicted molar refractivity (Wildman–Crippen MR) is 90.6 cm³/mol. The third-order valence-corrected chi connectivity index (χ3v) is 4.26. The fourth-order valence-electron chi connectivity index (χ4n) is 2.30. The second-order valence-electron chi connectivity index (χ2n) is 5.13. The first-order valence-electron chi connectivity index (χ1n) is 7.35. The van der Waals surface area contributed by atoms with Crippen molar-refractivity contribution in [1.82, 2.24) is 5.32 Å². The lowest BCUT2D eigenvalue weighted by Gasteiger charge is -2.14. The Balaban J connectivity index is 1.81. The Kier molecular flexibility index (Phi) is 4.95. The maximum absolute atomic E-state index is 13.8. The molecule has 2 aromatic heterocycles. The van der Waals surface area contributed by atoms with Crippen LogP contribution in [0.1, 0.15) is 22.2 Å². The van der Waals surface area contributed by atoms with Gasteiger partial charge in [0, 0.05) is 0 Å². The number of carbonyl (C=O) groups is 2. The van der Waals surface area contributed by atoms with Crippen LogP contribution in [0.3, 0.4) is 0 Å². The van der Waals surface area contributed by atoms with E-state index < -0.39 is 23.7 Å². The van der Waals surface area contributed by atoms with Crippen molar-refractivity contribution >= 4 is 23.2 Å². The van der Waals surface area contributed by atoms with Gasteiger partial charge in [0.1, 0.15) is 11.6 Å².